The molecule has 4 heteroatoms. The first-order chi connectivity index (χ1) is 9.13. The van der Waals surface area contributed by atoms with Gasteiger partial charge in [0.15, 0.2) is 0 Å². The van der Waals surface area contributed by atoms with Gasteiger partial charge < -0.3 is 15.5 Å². The SMILES string of the molecule is CCC(Cc1ccccc1)NCCNC(=O)N(C)C. The summed E-state index contributed by atoms with van der Waals surface area (Å²) in [6, 6.07) is 10.9. The minimum atomic E-state index is -0.0436. The lowest BCUT2D eigenvalue weighted by Crippen LogP contribution is -2.41. The van der Waals surface area contributed by atoms with Gasteiger partial charge in [-0.1, -0.05) is 37.3 Å². The lowest BCUT2D eigenvalue weighted by atomic mass is 10.0. The maximum atomic E-state index is 11.3. The molecule has 2 N–H and O–H groups in total. The molecule has 1 aromatic rings. The fourth-order valence-electron chi connectivity index (χ4n) is 1.86. The summed E-state index contributed by atoms with van der Waals surface area (Å²) in [7, 11) is 3.49. The van der Waals surface area contributed by atoms with Crippen LogP contribution in [0.15, 0.2) is 30.3 Å². The van der Waals surface area contributed by atoms with Crippen LogP contribution in [0.5, 0.6) is 0 Å². The van der Waals surface area contributed by atoms with Crippen molar-refractivity contribution >= 4 is 6.03 Å². The molecule has 0 saturated heterocycles. The van der Waals surface area contributed by atoms with Crippen molar-refractivity contribution in [3.63, 3.8) is 0 Å². The third kappa shape index (κ3) is 6.25. The lowest BCUT2D eigenvalue weighted by Gasteiger charge is -2.18. The number of nitrogens with zero attached hydrogens (tertiary/aromatic N) is 1. The van der Waals surface area contributed by atoms with Crippen molar-refractivity contribution in [1.82, 2.24) is 15.5 Å². The largest absolute Gasteiger partial charge is 0.337 e. The molecule has 0 aliphatic heterocycles. The Kier molecular flexibility index (Phi) is 6.97. The van der Waals surface area contributed by atoms with E-state index in [0.29, 0.717) is 12.6 Å². The molecule has 19 heavy (non-hydrogen) atoms. The van der Waals surface area contributed by atoms with E-state index in [1.54, 1.807) is 19.0 Å². The standard InChI is InChI=1S/C15H25N3O/c1-4-14(12-13-8-6-5-7-9-13)16-10-11-17-15(19)18(2)3/h5-9,14,16H,4,10-12H2,1-3H3,(H,17,19). The van der Waals surface area contributed by atoms with Crippen LogP contribution in [0.4, 0.5) is 4.79 Å². The van der Waals surface area contributed by atoms with Crippen LogP contribution >= 0.6 is 0 Å². The second kappa shape index (κ2) is 8.53. The van der Waals surface area contributed by atoms with E-state index < -0.39 is 0 Å². The number of carbonyl (C=O) groups is 1. The quantitative estimate of drug-likeness (QED) is 0.738. The molecule has 1 rings (SSSR count). The smallest absolute Gasteiger partial charge is 0.316 e. The van der Waals surface area contributed by atoms with Crippen LogP contribution < -0.4 is 10.6 Å². The molecule has 1 aromatic carbocycles. The van der Waals surface area contributed by atoms with Crippen molar-refractivity contribution in [3.8, 4) is 0 Å². The van der Waals surface area contributed by atoms with E-state index in [9.17, 15) is 4.79 Å². The van der Waals surface area contributed by atoms with Crippen molar-refractivity contribution in [3.05, 3.63) is 35.9 Å². The zero-order valence-corrected chi connectivity index (χ0v) is 12.1. The third-order valence-electron chi connectivity index (χ3n) is 3.06. The van der Waals surface area contributed by atoms with Crippen molar-refractivity contribution < 1.29 is 4.79 Å². The molecule has 0 bridgehead atoms. The zero-order chi connectivity index (χ0) is 14.1. The maximum Gasteiger partial charge on any atom is 0.316 e. The predicted molar refractivity (Wildman–Crippen MR) is 79.3 cm³/mol. The maximum absolute atomic E-state index is 11.3. The van der Waals surface area contributed by atoms with Gasteiger partial charge in [0, 0.05) is 33.2 Å². The Morgan fingerprint density at radius 2 is 1.89 bits per heavy atom. The molecule has 0 aliphatic carbocycles. The summed E-state index contributed by atoms with van der Waals surface area (Å²) in [5, 5.41) is 6.33. The molecule has 1 unspecified atom stereocenters. The Balaban J connectivity index is 2.24. The highest BCUT2D eigenvalue weighted by Crippen LogP contribution is 2.05. The van der Waals surface area contributed by atoms with E-state index in [4.69, 9.17) is 0 Å². The molecule has 0 fully saturated rings. The Hall–Kier alpha value is -1.55. The lowest BCUT2D eigenvalue weighted by molar-refractivity contribution is 0.217. The number of hydrogen-bond donors (Lipinski definition) is 2. The summed E-state index contributed by atoms with van der Waals surface area (Å²) in [4.78, 5) is 12.9. The van der Waals surface area contributed by atoms with Crippen LogP contribution in [0.2, 0.25) is 0 Å². The molecule has 0 spiro atoms. The van der Waals surface area contributed by atoms with E-state index in [0.717, 1.165) is 19.4 Å². The Morgan fingerprint density at radius 3 is 2.47 bits per heavy atom. The number of carbonyl (C=O) groups excluding carboxylic acids is 1. The van der Waals surface area contributed by atoms with Crippen molar-refractivity contribution in [2.45, 2.75) is 25.8 Å². The van der Waals surface area contributed by atoms with Gasteiger partial charge >= 0.3 is 6.03 Å². The molecule has 106 valence electrons. The highest BCUT2D eigenvalue weighted by molar-refractivity contribution is 5.73. The molecule has 2 amide bonds. The van der Waals surface area contributed by atoms with Crippen molar-refractivity contribution in [2.24, 2.45) is 0 Å². The topological polar surface area (TPSA) is 44.4 Å². The molecule has 0 radical (unpaired) electrons. The molecule has 0 heterocycles. The van der Waals surface area contributed by atoms with E-state index >= 15 is 0 Å². The van der Waals surface area contributed by atoms with Gasteiger partial charge in [-0.15, -0.1) is 0 Å². The van der Waals surface area contributed by atoms with Gasteiger partial charge in [0.1, 0.15) is 0 Å². The van der Waals surface area contributed by atoms with Gasteiger partial charge in [0.25, 0.3) is 0 Å². The van der Waals surface area contributed by atoms with Crippen LogP contribution in [0.25, 0.3) is 0 Å². The molecular weight excluding hydrogens is 238 g/mol. The monoisotopic (exact) mass is 263 g/mol. The Labute approximate surface area is 116 Å². The first-order valence-electron chi connectivity index (χ1n) is 6.86. The van der Waals surface area contributed by atoms with Crippen LogP contribution in [0, 0.1) is 0 Å². The fraction of sp³-hybridized carbons (Fsp3) is 0.533. The van der Waals surface area contributed by atoms with Gasteiger partial charge in [-0.05, 0) is 18.4 Å². The molecule has 0 aromatic heterocycles. The second-order valence-corrected chi connectivity index (χ2v) is 4.88. The first kappa shape index (κ1) is 15.5. The highest BCUT2D eigenvalue weighted by Gasteiger charge is 2.07. The fourth-order valence-corrected chi connectivity index (χ4v) is 1.86. The molecule has 0 aliphatic rings. The van der Waals surface area contributed by atoms with Gasteiger partial charge in [-0.2, -0.15) is 0 Å². The summed E-state index contributed by atoms with van der Waals surface area (Å²) in [5.41, 5.74) is 1.35. The van der Waals surface area contributed by atoms with E-state index in [1.165, 1.54) is 5.56 Å². The van der Waals surface area contributed by atoms with E-state index in [2.05, 4.69) is 41.8 Å². The van der Waals surface area contributed by atoms with Crippen LogP contribution in [-0.2, 0) is 6.42 Å². The van der Waals surface area contributed by atoms with Crippen molar-refractivity contribution in [1.29, 1.82) is 0 Å². The molecule has 0 saturated carbocycles. The van der Waals surface area contributed by atoms with Gasteiger partial charge in [0.05, 0.1) is 0 Å². The van der Waals surface area contributed by atoms with E-state index in [-0.39, 0.29) is 6.03 Å². The normalized spacial score (nSPS) is 11.9. The van der Waals surface area contributed by atoms with Crippen LogP contribution in [0.3, 0.4) is 0 Å². The number of benzene rings is 1. The van der Waals surface area contributed by atoms with E-state index in [1.807, 2.05) is 6.07 Å². The predicted octanol–water partition coefficient (Wildman–Crippen LogP) is 1.87. The summed E-state index contributed by atoms with van der Waals surface area (Å²) < 4.78 is 0. The number of amides is 2. The molecule has 4 nitrogen and oxygen atoms in total. The summed E-state index contributed by atoms with van der Waals surface area (Å²) in [6.45, 7) is 3.63. The summed E-state index contributed by atoms with van der Waals surface area (Å²) >= 11 is 0. The van der Waals surface area contributed by atoms with Crippen molar-refractivity contribution in [2.75, 3.05) is 27.2 Å². The van der Waals surface area contributed by atoms with Gasteiger partial charge in [-0.3, -0.25) is 0 Å². The molecular formula is C15H25N3O. The number of nitrogens with one attached hydrogen (secondary N) is 2. The minimum absolute atomic E-state index is 0.0436. The number of rotatable bonds is 7. The Morgan fingerprint density at radius 1 is 1.21 bits per heavy atom. The number of urea groups is 1. The van der Waals surface area contributed by atoms with Crippen LogP contribution in [-0.4, -0.2) is 44.2 Å². The Bertz CT molecular complexity index is 365. The van der Waals surface area contributed by atoms with Crippen LogP contribution in [0.1, 0.15) is 18.9 Å². The third-order valence-corrected chi connectivity index (χ3v) is 3.06. The average molecular weight is 263 g/mol. The zero-order valence-electron chi connectivity index (χ0n) is 12.1. The summed E-state index contributed by atoms with van der Waals surface area (Å²) in [6.07, 6.45) is 2.11. The first-order valence-corrected chi connectivity index (χ1v) is 6.86. The number of hydrogen-bond acceptors (Lipinski definition) is 2. The molecule has 1 atom stereocenters. The summed E-state index contributed by atoms with van der Waals surface area (Å²) in [5.74, 6) is 0. The highest BCUT2D eigenvalue weighted by atomic mass is 16.2. The minimum Gasteiger partial charge on any atom is -0.337 e. The average Bonchev–Trinajstić information content (AvgIpc) is 2.42. The van der Waals surface area contributed by atoms with Gasteiger partial charge in [0.2, 0.25) is 0 Å². The van der Waals surface area contributed by atoms with Gasteiger partial charge in [-0.25, -0.2) is 4.79 Å². The second-order valence-electron chi connectivity index (χ2n) is 4.88.